The van der Waals surface area contributed by atoms with Gasteiger partial charge in [-0.05, 0) is 17.0 Å². The third-order valence-corrected chi connectivity index (χ3v) is 4.64. The van der Waals surface area contributed by atoms with Gasteiger partial charge in [-0.25, -0.2) is 0 Å². The van der Waals surface area contributed by atoms with Gasteiger partial charge in [0.05, 0.1) is 5.56 Å². The maximum absolute atomic E-state index is 13.2. The zero-order chi connectivity index (χ0) is 16.6. The third-order valence-electron chi connectivity index (χ3n) is 4.64. The summed E-state index contributed by atoms with van der Waals surface area (Å²) in [6, 6.07) is 21.9. The quantitative estimate of drug-likeness (QED) is 0.635. The van der Waals surface area contributed by atoms with Gasteiger partial charge in [-0.1, -0.05) is 66.7 Å². The van der Waals surface area contributed by atoms with Crippen LogP contribution in [0.2, 0.25) is 0 Å². The maximum atomic E-state index is 13.2. The van der Waals surface area contributed by atoms with Crippen molar-refractivity contribution in [2.75, 3.05) is 0 Å². The van der Waals surface area contributed by atoms with Crippen molar-refractivity contribution < 1.29 is 9.53 Å². The summed E-state index contributed by atoms with van der Waals surface area (Å²) in [5, 5.41) is 2.07. The standard InChI is InChI=1S/C22H18O2/c1-2-14-22(15-16-8-4-3-5-9-16)21(23)19-13-12-17-10-6-7-11-18(17)20(19)24-22/h2-13H,1,14-15H2/t22-/m0/s1. The van der Waals surface area contributed by atoms with Crippen molar-refractivity contribution >= 4 is 16.6 Å². The Kier molecular flexibility index (Phi) is 3.46. The average Bonchev–Trinajstić information content (AvgIpc) is 2.89. The van der Waals surface area contributed by atoms with Crippen LogP contribution in [0.3, 0.4) is 0 Å². The third kappa shape index (κ3) is 2.23. The van der Waals surface area contributed by atoms with Crippen LogP contribution in [0.25, 0.3) is 10.8 Å². The number of Topliss-reactive ketones (excluding diaryl/α,β-unsaturated/α-hetero) is 1. The molecular formula is C22H18O2. The van der Waals surface area contributed by atoms with Gasteiger partial charge in [0.25, 0.3) is 0 Å². The Morgan fingerprint density at radius 3 is 2.50 bits per heavy atom. The number of hydrogen-bond acceptors (Lipinski definition) is 2. The van der Waals surface area contributed by atoms with Gasteiger partial charge < -0.3 is 4.74 Å². The summed E-state index contributed by atoms with van der Waals surface area (Å²) >= 11 is 0. The molecule has 118 valence electrons. The minimum atomic E-state index is -0.893. The highest BCUT2D eigenvalue weighted by atomic mass is 16.5. The van der Waals surface area contributed by atoms with Crippen LogP contribution in [0.1, 0.15) is 22.3 Å². The van der Waals surface area contributed by atoms with Gasteiger partial charge in [-0.2, -0.15) is 0 Å². The summed E-state index contributed by atoms with van der Waals surface area (Å²) in [7, 11) is 0. The Hall–Kier alpha value is -2.87. The second-order valence-electron chi connectivity index (χ2n) is 6.24. The lowest BCUT2D eigenvalue weighted by Gasteiger charge is -2.26. The number of fused-ring (bicyclic) bond motifs is 3. The van der Waals surface area contributed by atoms with E-state index in [4.69, 9.17) is 4.74 Å². The highest BCUT2D eigenvalue weighted by molar-refractivity contribution is 6.12. The van der Waals surface area contributed by atoms with Gasteiger partial charge >= 0.3 is 0 Å². The summed E-state index contributed by atoms with van der Waals surface area (Å²) in [6.07, 6.45) is 2.81. The van der Waals surface area contributed by atoms with Gasteiger partial charge in [0.15, 0.2) is 5.60 Å². The second kappa shape index (κ2) is 5.64. The Labute approximate surface area is 141 Å². The Morgan fingerprint density at radius 2 is 1.71 bits per heavy atom. The summed E-state index contributed by atoms with van der Waals surface area (Å²) in [5.74, 6) is 0.753. The molecule has 1 heterocycles. The molecule has 4 rings (SSSR count). The van der Waals surface area contributed by atoms with Gasteiger partial charge in [-0.15, -0.1) is 6.58 Å². The van der Waals surface area contributed by atoms with Gasteiger partial charge in [0, 0.05) is 18.2 Å². The van der Waals surface area contributed by atoms with Crippen molar-refractivity contribution in [1.82, 2.24) is 0 Å². The van der Waals surface area contributed by atoms with Crippen molar-refractivity contribution in [3.63, 3.8) is 0 Å². The monoisotopic (exact) mass is 314 g/mol. The molecule has 1 aliphatic heterocycles. The van der Waals surface area contributed by atoms with E-state index in [1.165, 1.54) is 0 Å². The number of carbonyl (C=O) groups excluding carboxylic acids is 1. The molecule has 0 unspecified atom stereocenters. The van der Waals surface area contributed by atoms with Crippen LogP contribution in [0.15, 0.2) is 79.4 Å². The molecule has 1 atom stereocenters. The van der Waals surface area contributed by atoms with E-state index in [1.54, 1.807) is 6.08 Å². The molecule has 3 aromatic rings. The maximum Gasteiger partial charge on any atom is 0.210 e. The smallest absolute Gasteiger partial charge is 0.210 e. The van der Waals surface area contributed by atoms with Crippen LogP contribution in [0.5, 0.6) is 5.75 Å². The summed E-state index contributed by atoms with van der Waals surface area (Å²) in [5.41, 5.74) is 0.867. The molecule has 0 radical (unpaired) electrons. The largest absolute Gasteiger partial charge is 0.477 e. The van der Waals surface area contributed by atoms with E-state index in [1.807, 2.05) is 66.7 Å². The van der Waals surface area contributed by atoms with E-state index < -0.39 is 5.60 Å². The molecule has 0 fully saturated rings. The van der Waals surface area contributed by atoms with E-state index in [9.17, 15) is 4.79 Å². The van der Waals surface area contributed by atoms with Crippen molar-refractivity contribution in [3.8, 4) is 5.75 Å². The van der Waals surface area contributed by atoms with Crippen LogP contribution < -0.4 is 4.74 Å². The highest BCUT2D eigenvalue weighted by Gasteiger charge is 2.47. The molecule has 0 amide bonds. The van der Waals surface area contributed by atoms with Crippen molar-refractivity contribution in [1.29, 1.82) is 0 Å². The van der Waals surface area contributed by atoms with E-state index in [0.29, 0.717) is 24.2 Å². The Morgan fingerprint density at radius 1 is 0.958 bits per heavy atom. The minimum Gasteiger partial charge on any atom is -0.477 e. The second-order valence-corrected chi connectivity index (χ2v) is 6.24. The van der Waals surface area contributed by atoms with Crippen LogP contribution in [0, 0.1) is 0 Å². The normalized spacial score (nSPS) is 19.1. The lowest BCUT2D eigenvalue weighted by Crippen LogP contribution is -2.42. The molecule has 0 aromatic heterocycles. The predicted octanol–water partition coefficient (Wildman–Crippen LogP) is 4.97. The topological polar surface area (TPSA) is 26.3 Å². The number of rotatable bonds is 4. The lowest BCUT2D eigenvalue weighted by molar-refractivity contribution is 0.0575. The fraction of sp³-hybridized carbons (Fsp3) is 0.136. The van der Waals surface area contributed by atoms with Gasteiger partial charge in [0.2, 0.25) is 5.78 Å². The molecule has 0 saturated carbocycles. The zero-order valence-corrected chi connectivity index (χ0v) is 13.4. The van der Waals surface area contributed by atoms with Gasteiger partial charge in [0.1, 0.15) is 5.75 Å². The fourth-order valence-corrected chi connectivity index (χ4v) is 3.50. The highest BCUT2D eigenvalue weighted by Crippen LogP contribution is 2.43. The Balaban J connectivity index is 1.83. The number of ether oxygens (including phenoxy) is 1. The first-order valence-corrected chi connectivity index (χ1v) is 8.14. The van der Waals surface area contributed by atoms with Crippen molar-refractivity contribution in [2.45, 2.75) is 18.4 Å². The SMILES string of the molecule is C=CC[C@@]1(Cc2ccccc2)Oc2c(ccc3ccccc23)C1=O. The summed E-state index contributed by atoms with van der Waals surface area (Å²) in [6.45, 7) is 3.84. The average molecular weight is 314 g/mol. The van der Waals surface area contributed by atoms with Crippen molar-refractivity contribution in [2.24, 2.45) is 0 Å². The molecule has 2 heteroatoms. The Bertz CT molecular complexity index is 927. The molecule has 0 spiro atoms. The molecule has 0 saturated heterocycles. The molecule has 0 bridgehead atoms. The molecular weight excluding hydrogens is 296 g/mol. The predicted molar refractivity (Wildman–Crippen MR) is 96.6 cm³/mol. The molecule has 1 aliphatic rings. The molecule has 2 nitrogen and oxygen atoms in total. The number of hydrogen-bond donors (Lipinski definition) is 0. The molecule has 3 aromatic carbocycles. The lowest BCUT2D eigenvalue weighted by atomic mass is 9.85. The zero-order valence-electron chi connectivity index (χ0n) is 13.4. The van der Waals surface area contributed by atoms with Gasteiger partial charge in [-0.3, -0.25) is 4.79 Å². The number of ketones is 1. The summed E-state index contributed by atoms with van der Waals surface area (Å²) < 4.78 is 6.34. The fourth-order valence-electron chi connectivity index (χ4n) is 3.50. The number of carbonyl (C=O) groups is 1. The van der Waals surface area contributed by atoms with Crippen LogP contribution in [-0.2, 0) is 6.42 Å². The minimum absolute atomic E-state index is 0.0482. The van der Waals surface area contributed by atoms with E-state index in [-0.39, 0.29) is 5.78 Å². The first-order valence-electron chi connectivity index (χ1n) is 8.14. The molecule has 0 N–H and O–H groups in total. The first-order chi connectivity index (χ1) is 11.7. The van der Waals surface area contributed by atoms with Crippen LogP contribution in [0.4, 0.5) is 0 Å². The van der Waals surface area contributed by atoms with E-state index in [0.717, 1.165) is 16.3 Å². The van der Waals surface area contributed by atoms with E-state index >= 15 is 0 Å². The molecule has 24 heavy (non-hydrogen) atoms. The van der Waals surface area contributed by atoms with E-state index in [2.05, 4.69) is 6.58 Å². The van der Waals surface area contributed by atoms with Crippen LogP contribution in [-0.4, -0.2) is 11.4 Å². The van der Waals surface area contributed by atoms with Crippen molar-refractivity contribution in [3.05, 3.63) is 90.5 Å². The summed E-state index contributed by atoms with van der Waals surface area (Å²) in [4.78, 5) is 13.2. The molecule has 0 aliphatic carbocycles. The number of benzene rings is 3. The first kappa shape index (κ1) is 14.7. The van der Waals surface area contributed by atoms with Crippen LogP contribution >= 0.6 is 0 Å².